The molecule has 2 aromatic heterocycles. The zero-order valence-electron chi connectivity index (χ0n) is 15.6. The maximum absolute atomic E-state index is 13.0. The van der Waals surface area contributed by atoms with Crippen LogP contribution in [0.25, 0.3) is 27.4 Å². The van der Waals surface area contributed by atoms with Crippen molar-refractivity contribution >= 4 is 45.6 Å². The van der Waals surface area contributed by atoms with Crippen LogP contribution in [0.15, 0.2) is 77.5 Å². The Balaban J connectivity index is 1.52. The Morgan fingerprint density at radius 3 is 2.76 bits per heavy atom. The molecule has 0 spiro atoms. The number of aromatic nitrogens is 2. The number of benzene rings is 3. The van der Waals surface area contributed by atoms with Crippen LogP contribution in [0.1, 0.15) is 16.1 Å². The van der Waals surface area contributed by atoms with Crippen molar-refractivity contribution in [2.45, 2.75) is 6.92 Å². The topological polar surface area (TPSA) is 63.0 Å². The van der Waals surface area contributed by atoms with E-state index < -0.39 is 0 Å². The number of H-pyrrole nitrogens is 1. The molecule has 0 aliphatic carbocycles. The van der Waals surface area contributed by atoms with E-state index in [0.29, 0.717) is 16.2 Å². The van der Waals surface area contributed by atoms with E-state index in [2.05, 4.69) is 10.3 Å². The zero-order chi connectivity index (χ0) is 20.0. The molecule has 2 heterocycles. The van der Waals surface area contributed by atoms with Gasteiger partial charge in [-0.15, -0.1) is 0 Å². The van der Waals surface area contributed by atoms with Gasteiger partial charge in [0.15, 0.2) is 10.5 Å². The lowest BCUT2D eigenvalue weighted by Crippen LogP contribution is -2.12. The van der Waals surface area contributed by atoms with Crippen molar-refractivity contribution in [1.29, 1.82) is 0 Å². The number of aryl methyl sites for hydroxylation is 1. The summed E-state index contributed by atoms with van der Waals surface area (Å²) in [4.78, 5) is 15.9. The molecule has 0 unspecified atom stereocenters. The van der Waals surface area contributed by atoms with Gasteiger partial charge in [-0.2, -0.15) is 0 Å². The van der Waals surface area contributed by atoms with E-state index in [-0.39, 0.29) is 5.91 Å². The summed E-state index contributed by atoms with van der Waals surface area (Å²) in [6.45, 7) is 1.91. The fourth-order valence-corrected chi connectivity index (χ4v) is 3.85. The van der Waals surface area contributed by atoms with Gasteiger partial charge < -0.3 is 14.7 Å². The Morgan fingerprint density at radius 1 is 1.07 bits per heavy atom. The van der Waals surface area contributed by atoms with Gasteiger partial charge in [-0.1, -0.05) is 42.5 Å². The van der Waals surface area contributed by atoms with E-state index in [0.717, 1.165) is 33.0 Å². The molecular formula is C23H17N3O2S. The first kappa shape index (κ1) is 17.5. The molecule has 0 atom stereocenters. The third kappa shape index (κ3) is 2.94. The van der Waals surface area contributed by atoms with Crippen LogP contribution in [-0.2, 0) is 0 Å². The number of nitrogens with one attached hydrogen (secondary N) is 2. The van der Waals surface area contributed by atoms with Crippen LogP contribution < -0.4 is 5.32 Å². The minimum absolute atomic E-state index is 0.280. The number of nitrogens with zero attached hydrogens (tertiary/aromatic N) is 1. The summed E-state index contributed by atoms with van der Waals surface area (Å²) in [6.07, 6.45) is 3.62. The summed E-state index contributed by atoms with van der Waals surface area (Å²) in [5.41, 5.74) is 3.09. The molecule has 29 heavy (non-hydrogen) atoms. The van der Waals surface area contributed by atoms with Gasteiger partial charge in [0.2, 0.25) is 0 Å². The number of carbonyl (C=O) groups is 1. The fourth-order valence-electron chi connectivity index (χ4n) is 3.61. The Labute approximate surface area is 171 Å². The average Bonchev–Trinajstić information content (AvgIpc) is 3.31. The van der Waals surface area contributed by atoms with Crippen molar-refractivity contribution in [2.24, 2.45) is 0 Å². The van der Waals surface area contributed by atoms with Gasteiger partial charge in [-0.05, 0) is 42.7 Å². The second kappa shape index (κ2) is 6.76. The van der Waals surface area contributed by atoms with Crippen LogP contribution in [0.2, 0.25) is 0 Å². The van der Waals surface area contributed by atoms with Gasteiger partial charge >= 0.3 is 0 Å². The highest BCUT2D eigenvalue weighted by Gasteiger charge is 2.19. The predicted molar refractivity (Wildman–Crippen MR) is 117 cm³/mol. The Bertz CT molecular complexity index is 1440. The van der Waals surface area contributed by atoms with Crippen LogP contribution in [0.3, 0.4) is 0 Å². The molecule has 1 amide bonds. The van der Waals surface area contributed by atoms with Crippen LogP contribution in [0.4, 0.5) is 5.69 Å². The zero-order valence-corrected chi connectivity index (χ0v) is 16.4. The number of amides is 1. The number of furan rings is 1. The van der Waals surface area contributed by atoms with Crippen molar-refractivity contribution in [3.63, 3.8) is 0 Å². The highest BCUT2D eigenvalue weighted by atomic mass is 32.1. The van der Waals surface area contributed by atoms with Crippen molar-refractivity contribution in [1.82, 2.24) is 9.55 Å². The van der Waals surface area contributed by atoms with Crippen molar-refractivity contribution in [3.8, 4) is 5.69 Å². The van der Waals surface area contributed by atoms with Gasteiger partial charge in [0.1, 0.15) is 5.58 Å². The van der Waals surface area contributed by atoms with Gasteiger partial charge in [-0.3, -0.25) is 9.36 Å². The SMILES string of the molecule is Cc1c(C(=O)Nc2cccc(-n3cc[nH]c3=S)c2)oc2c1ccc1ccccc12. The number of fused-ring (bicyclic) bond motifs is 3. The summed E-state index contributed by atoms with van der Waals surface area (Å²) in [5, 5.41) is 5.96. The summed E-state index contributed by atoms with van der Waals surface area (Å²) < 4.78 is 8.46. The maximum atomic E-state index is 13.0. The third-order valence-electron chi connectivity index (χ3n) is 5.07. The second-order valence-electron chi connectivity index (χ2n) is 6.86. The quantitative estimate of drug-likeness (QED) is 0.366. The van der Waals surface area contributed by atoms with E-state index in [1.54, 1.807) is 6.20 Å². The normalized spacial score (nSPS) is 11.2. The lowest BCUT2D eigenvalue weighted by Gasteiger charge is -2.07. The molecule has 5 aromatic rings. The average molecular weight is 399 g/mol. The first-order chi connectivity index (χ1) is 14.1. The molecule has 0 bridgehead atoms. The fraction of sp³-hybridized carbons (Fsp3) is 0.0435. The van der Waals surface area contributed by atoms with Crippen molar-refractivity contribution in [3.05, 3.63) is 89.2 Å². The number of rotatable bonds is 3. The molecule has 2 N–H and O–H groups in total. The summed E-state index contributed by atoms with van der Waals surface area (Å²) in [6, 6.07) is 19.6. The minimum Gasteiger partial charge on any atom is -0.450 e. The molecule has 0 fully saturated rings. The van der Waals surface area contributed by atoms with Gasteiger partial charge in [0.25, 0.3) is 5.91 Å². The highest BCUT2D eigenvalue weighted by molar-refractivity contribution is 7.71. The van der Waals surface area contributed by atoms with Crippen LogP contribution in [-0.4, -0.2) is 15.5 Å². The number of carbonyl (C=O) groups excluding carboxylic acids is 1. The molecule has 0 aliphatic heterocycles. The predicted octanol–water partition coefficient (Wildman–Crippen LogP) is 6.00. The molecular weight excluding hydrogens is 382 g/mol. The smallest absolute Gasteiger partial charge is 0.291 e. The number of hydrogen-bond donors (Lipinski definition) is 2. The largest absolute Gasteiger partial charge is 0.450 e. The number of anilines is 1. The van der Waals surface area contributed by atoms with E-state index in [1.807, 2.05) is 78.4 Å². The summed E-state index contributed by atoms with van der Waals surface area (Å²) in [7, 11) is 0. The molecule has 5 nitrogen and oxygen atoms in total. The minimum atomic E-state index is -0.280. The first-order valence-electron chi connectivity index (χ1n) is 9.20. The van der Waals surface area contributed by atoms with Gasteiger partial charge in [-0.25, -0.2) is 0 Å². The number of imidazole rings is 1. The number of hydrogen-bond acceptors (Lipinski definition) is 3. The number of aromatic amines is 1. The Hall–Kier alpha value is -3.64. The second-order valence-corrected chi connectivity index (χ2v) is 7.25. The lowest BCUT2D eigenvalue weighted by atomic mass is 10.1. The highest BCUT2D eigenvalue weighted by Crippen LogP contribution is 2.32. The van der Waals surface area contributed by atoms with Gasteiger partial charge in [0.05, 0.1) is 0 Å². The molecule has 0 saturated carbocycles. The molecule has 6 heteroatoms. The van der Waals surface area contributed by atoms with Crippen molar-refractivity contribution < 1.29 is 9.21 Å². The Kier molecular flexibility index (Phi) is 4.07. The molecule has 5 rings (SSSR count). The molecule has 142 valence electrons. The summed E-state index contributed by atoms with van der Waals surface area (Å²) in [5.74, 6) is 0.0395. The van der Waals surface area contributed by atoms with Crippen LogP contribution in [0.5, 0.6) is 0 Å². The van der Waals surface area contributed by atoms with Crippen molar-refractivity contribution in [2.75, 3.05) is 5.32 Å². The molecule has 0 saturated heterocycles. The third-order valence-corrected chi connectivity index (χ3v) is 5.38. The first-order valence-corrected chi connectivity index (χ1v) is 9.61. The molecule has 3 aromatic carbocycles. The standard InChI is InChI=1S/C23H17N3O2S/c1-14-18-10-9-15-5-2-3-8-19(15)21(18)28-20(14)22(27)25-16-6-4-7-17(13-16)26-12-11-24-23(26)29/h2-13H,1H3,(H,24,29)(H,25,27). The van der Waals surface area contributed by atoms with E-state index in [1.165, 1.54) is 0 Å². The van der Waals surface area contributed by atoms with E-state index in [9.17, 15) is 4.79 Å². The van der Waals surface area contributed by atoms with E-state index >= 15 is 0 Å². The Morgan fingerprint density at radius 2 is 1.93 bits per heavy atom. The molecule has 0 radical (unpaired) electrons. The van der Waals surface area contributed by atoms with Crippen LogP contribution >= 0.6 is 12.2 Å². The van der Waals surface area contributed by atoms with Crippen LogP contribution in [0, 0.1) is 11.7 Å². The summed E-state index contributed by atoms with van der Waals surface area (Å²) >= 11 is 5.27. The lowest BCUT2D eigenvalue weighted by molar-refractivity contribution is 0.0998. The monoisotopic (exact) mass is 399 g/mol. The molecule has 0 aliphatic rings. The van der Waals surface area contributed by atoms with Gasteiger partial charge in [0, 0.05) is 40.1 Å². The van der Waals surface area contributed by atoms with E-state index in [4.69, 9.17) is 16.6 Å². The maximum Gasteiger partial charge on any atom is 0.291 e.